The molecule has 0 saturated carbocycles. The van der Waals surface area contributed by atoms with Gasteiger partial charge in [0.25, 0.3) is 0 Å². The Bertz CT molecular complexity index is 453. The van der Waals surface area contributed by atoms with E-state index in [1.54, 1.807) is 0 Å². The van der Waals surface area contributed by atoms with E-state index < -0.39 is 0 Å². The SMILES string of the molecule is CCCCC(=O)N1CCCC1c1ccc(C)c(C)c1. The van der Waals surface area contributed by atoms with E-state index in [4.69, 9.17) is 0 Å². The van der Waals surface area contributed by atoms with Crippen LogP contribution in [0.1, 0.15) is 61.8 Å². The number of carbonyl (C=O) groups excluding carboxylic acids is 1. The Morgan fingerprint density at radius 2 is 2.11 bits per heavy atom. The summed E-state index contributed by atoms with van der Waals surface area (Å²) in [4.78, 5) is 14.4. The number of amides is 1. The quantitative estimate of drug-likeness (QED) is 0.795. The summed E-state index contributed by atoms with van der Waals surface area (Å²) >= 11 is 0. The Hall–Kier alpha value is -1.31. The molecule has 1 saturated heterocycles. The number of unbranched alkanes of at least 4 members (excludes halogenated alkanes) is 1. The number of hydrogen-bond donors (Lipinski definition) is 0. The van der Waals surface area contributed by atoms with Crippen LogP contribution in [0, 0.1) is 13.8 Å². The minimum Gasteiger partial charge on any atom is -0.336 e. The van der Waals surface area contributed by atoms with Crippen LogP contribution >= 0.6 is 0 Å². The van der Waals surface area contributed by atoms with Crippen molar-refractivity contribution in [3.05, 3.63) is 34.9 Å². The summed E-state index contributed by atoms with van der Waals surface area (Å²) in [6.45, 7) is 7.35. The maximum atomic E-state index is 12.3. The molecule has 1 aliphatic rings. The third-order valence-electron chi connectivity index (χ3n) is 4.23. The summed E-state index contributed by atoms with van der Waals surface area (Å²) in [5, 5.41) is 0. The van der Waals surface area contributed by atoms with Gasteiger partial charge in [-0.2, -0.15) is 0 Å². The molecule has 1 atom stereocenters. The van der Waals surface area contributed by atoms with Crippen LogP contribution < -0.4 is 0 Å². The van der Waals surface area contributed by atoms with E-state index in [0.717, 1.165) is 32.2 Å². The summed E-state index contributed by atoms with van der Waals surface area (Å²) in [6, 6.07) is 6.94. The third-order valence-corrected chi connectivity index (χ3v) is 4.23. The molecule has 0 bridgehead atoms. The van der Waals surface area contributed by atoms with Gasteiger partial charge in [-0.05, 0) is 49.8 Å². The number of hydrogen-bond acceptors (Lipinski definition) is 1. The van der Waals surface area contributed by atoms with Crippen molar-refractivity contribution in [3.8, 4) is 0 Å². The Morgan fingerprint density at radius 1 is 1.32 bits per heavy atom. The van der Waals surface area contributed by atoms with Crippen LogP contribution in [0.2, 0.25) is 0 Å². The van der Waals surface area contributed by atoms with Gasteiger partial charge in [0.1, 0.15) is 0 Å². The molecule has 1 fully saturated rings. The molecule has 0 aromatic heterocycles. The monoisotopic (exact) mass is 259 g/mol. The molecule has 2 heteroatoms. The van der Waals surface area contributed by atoms with Crippen molar-refractivity contribution in [1.29, 1.82) is 0 Å². The van der Waals surface area contributed by atoms with Crippen molar-refractivity contribution >= 4 is 5.91 Å². The van der Waals surface area contributed by atoms with Gasteiger partial charge in [-0.15, -0.1) is 0 Å². The number of nitrogens with zero attached hydrogens (tertiary/aromatic N) is 1. The fourth-order valence-electron chi connectivity index (χ4n) is 2.86. The van der Waals surface area contributed by atoms with Crippen molar-refractivity contribution in [1.82, 2.24) is 4.90 Å². The van der Waals surface area contributed by atoms with Gasteiger partial charge in [-0.3, -0.25) is 4.79 Å². The molecular formula is C17H25NO. The van der Waals surface area contributed by atoms with E-state index >= 15 is 0 Å². The van der Waals surface area contributed by atoms with Crippen molar-refractivity contribution in [2.24, 2.45) is 0 Å². The molecule has 1 aromatic rings. The molecule has 1 amide bonds. The van der Waals surface area contributed by atoms with E-state index in [9.17, 15) is 4.79 Å². The lowest BCUT2D eigenvalue weighted by Gasteiger charge is -2.25. The normalized spacial score (nSPS) is 18.9. The van der Waals surface area contributed by atoms with E-state index in [-0.39, 0.29) is 0 Å². The molecule has 2 nitrogen and oxygen atoms in total. The summed E-state index contributed by atoms with van der Waals surface area (Å²) < 4.78 is 0. The molecule has 0 radical (unpaired) electrons. The molecule has 0 aliphatic carbocycles. The largest absolute Gasteiger partial charge is 0.336 e. The third kappa shape index (κ3) is 3.17. The highest BCUT2D eigenvalue weighted by Crippen LogP contribution is 2.33. The van der Waals surface area contributed by atoms with Gasteiger partial charge < -0.3 is 4.90 Å². The van der Waals surface area contributed by atoms with Gasteiger partial charge >= 0.3 is 0 Å². The second-order valence-corrected chi connectivity index (χ2v) is 5.69. The molecule has 0 N–H and O–H groups in total. The molecular weight excluding hydrogens is 234 g/mol. The highest BCUT2D eigenvalue weighted by molar-refractivity contribution is 5.77. The minimum absolute atomic E-state index is 0.309. The van der Waals surface area contributed by atoms with Crippen LogP contribution in [0.3, 0.4) is 0 Å². The summed E-state index contributed by atoms with van der Waals surface area (Å²) in [7, 11) is 0. The van der Waals surface area contributed by atoms with Crippen LogP contribution in [0.5, 0.6) is 0 Å². The first-order valence-corrected chi connectivity index (χ1v) is 7.50. The number of carbonyl (C=O) groups is 1. The van der Waals surface area contributed by atoms with Gasteiger partial charge in [0.05, 0.1) is 6.04 Å². The lowest BCUT2D eigenvalue weighted by atomic mass is 9.99. The average Bonchev–Trinajstić information content (AvgIpc) is 2.88. The highest BCUT2D eigenvalue weighted by Gasteiger charge is 2.29. The van der Waals surface area contributed by atoms with Crippen molar-refractivity contribution < 1.29 is 4.79 Å². The summed E-state index contributed by atoms with van der Waals surface area (Å²) in [5.74, 6) is 0.336. The van der Waals surface area contributed by atoms with Crippen molar-refractivity contribution in [3.63, 3.8) is 0 Å². The first-order chi connectivity index (χ1) is 9.13. The predicted molar refractivity (Wildman–Crippen MR) is 79.1 cm³/mol. The second-order valence-electron chi connectivity index (χ2n) is 5.69. The molecule has 1 aromatic carbocycles. The van der Waals surface area contributed by atoms with Gasteiger partial charge in [-0.25, -0.2) is 0 Å². The molecule has 104 valence electrons. The Balaban J connectivity index is 2.13. The second kappa shape index (κ2) is 6.23. The van der Waals surface area contributed by atoms with Gasteiger partial charge in [0.2, 0.25) is 5.91 Å². The first-order valence-electron chi connectivity index (χ1n) is 7.50. The maximum absolute atomic E-state index is 12.3. The van der Waals surface area contributed by atoms with Crippen LogP contribution in [0.15, 0.2) is 18.2 Å². The van der Waals surface area contributed by atoms with E-state index in [2.05, 4.69) is 43.9 Å². The fraction of sp³-hybridized carbons (Fsp3) is 0.588. The Labute approximate surface area is 116 Å². The molecule has 2 rings (SSSR count). The molecule has 1 heterocycles. The number of rotatable bonds is 4. The van der Waals surface area contributed by atoms with Gasteiger partial charge in [0.15, 0.2) is 0 Å². The zero-order valence-electron chi connectivity index (χ0n) is 12.4. The number of aryl methyl sites for hydroxylation is 2. The van der Waals surface area contributed by atoms with E-state index in [1.807, 2.05) is 0 Å². The molecule has 19 heavy (non-hydrogen) atoms. The number of likely N-dealkylation sites (tertiary alicyclic amines) is 1. The highest BCUT2D eigenvalue weighted by atomic mass is 16.2. The Morgan fingerprint density at radius 3 is 2.79 bits per heavy atom. The van der Waals surface area contributed by atoms with Crippen molar-refractivity contribution in [2.75, 3.05) is 6.54 Å². The molecule has 0 spiro atoms. The molecule has 1 unspecified atom stereocenters. The van der Waals surface area contributed by atoms with Crippen molar-refractivity contribution in [2.45, 2.75) is 58.9 Å². The number of benzene rings is 1. The smallest absolute Gasteiger partial charge is 0.223 e. The zero-order chi connectivity index (χ0) is 13.8. The predicted octanol–water partition coefficient (Wildman–Crippen LogP) is 4.16. The van der Waals surface area contributed by atoms with Crippen LogP contribution in [0.25, 0.3) is 0 Å². The van der Waals surface area contributed by atoms with Crippen LogP contribution in [0.4, 0.5) is 0 Å². The van der Waals surface area contributed by atoms with Gasteiger partial charge in [0, 0.05) is 13.0 Å². The average molecular weight is 259 g/mol. The van der Waals surface area contributed by atoms with E-state index in [0.29, 0.717) is 18.4 Å². The summed E-state index contributed by atoms with van der Waals surface area (Å²) in [5.41, 5.74) is 3.96. The van der Waals surface area contributed by atoms with E-state index in [1.165, 1.54) is 16.7 Å². The lowest BCUT2D eigenvalue weighted by molar-refractivity contribution is -0.132. The summed E-state index contributed by atoms with van der Waals surface area (Å²) in [6.07, 6.45) is 5.05. The lowest BCUT2D eigenvalue weighted by Crippen LogP contribution is -2.30. The zero-order valence-corrected chi connectivity index (χ0v) is 12.4. The maximum Gasteiger partial charge on any atom is 0.223 e. The molecule has 1 aliphatic heterocycles. The van der Waals surface area contributed by atoms with Gasteiger partial charge in [-0.1, -0.05) is 31.5 Å². The Kier molecular flexibility index (Phi) is 4.62. The first kappa shape index (κ1) is 14.1. The standard InChI is InChI=1S/C17H25NO/c1-4-5-8-17(19)18-11-6-7-16(18)15-10-9-13(2)14(3)12-15/h9-10,12,16H,4-8,11H2,1-3H3. The van der Waals surface area contributed by atoms with Crippen LogP contribution in [-0.2, 0) is 4.79 Å². The minimum atomic E-state index is 0.309. The van der Waals surface area contributed by atoms with Crippen LogP contribution in [-0.4, -0.2) is 17.4 Å². The fourth-order valence-corrected chi connectivity index (χ4v) is 2.86. The topological polar surface area (TPSA) is 20.3 Å².